The molecule has 0 aliphatic heterocycles. The Labute approximate surface area is 403 Å². The molecule has 0 spiro atoms. The number of phosphoric acid groups is 1. The predicted octanol–water partition coefficient (Wildman–Crippen LogP) is 15.2. The standard InChI is InChI=1S/C56H92NO8P/c1-6-8-10-12-14-16-18-20-22-23-24-25-26-27-28-29-30-31-32-33-35-37-39-41-43-45-47-49-56(59)65-54(53-64-66(60,61)63-51-50-57(3,4)5)52-62-55(58)48-46-44-42-40-38-36-34-21-19-17-15-13-11-9-7-2/h8,10,14-17,20-22,24-25,27-28,30-31,33-35,39,41,54H,6-7,9,11-13,18-19,23,26,29,32,36-38,40,42-53H2,1-5H3/p+1/b10-8-,16-14-,17-15-,22-20-,25-24-,28-27-,31-30-,34-21-,35-33-,41-39-. The van der Waals surface area contributed by atoms with Crippen molar-refractivity contribution in [3.63, 3.8) is 0 Å². The molecule has 374 valence electrons. The number of hydrogen-bond donors (Lipinski definition) is 1. The minimum atomic E-state index is -4.40. The van der Waals surface area contributed by atoms with Gasteiger partial charge in [0.2, 0.25) is 0 Å². The number of likely N-dealkylation sites (N-methyl/N-ethyl adjacent to an activating group) is 1. The van der Waals surface area contributed by atoms with E-state index in [9.17, 15) is 19.0 Å². The molecule has 0 radical (unpaired) electrons. The molecule has 0 aliphatic carbocycles. The third kappa shape index (κ3) is 49.8. The minimum absolute atomic E-state index is 0.0132. The van der Waals surface area contributed by atoms with Crippen LogP contribution >= 0.6 is 7.82 Å². The summed E-state index contributed by atoms with van der Waals surface area (Å²) in [5.74, 6) is -0.878. The van der Waals surface area contributed by atoms with E-state index in [4.69, 9.17) is 18.5 Å². The Balaban J connectivity index is 4.40. The summed E-state index contributed by atoms with van der Waals surface area (Å²) in [6.45, 7) is 4.19. The lowest BCUT2D eigenvalue weighted by molar-refractivity contribution is -0.870. The van der Waals surface area contributed by atoms with E-state index >= 15 is 0 Å². The van der Waals surface area contributed by atoms with Gasteiger partial charge in [0, 0.05) is 12.8 Å². The Morgan fingerprint density at radius 3 is 1.32 bits per heavy atom. The van der Waals surface area contributed by atoms with Gasteiger partial charge in [-0.1, -0.05) is 167 Å². The Kier molecular flexibility index (Phi) is 44.0. The molecule has 0 aromatic rings. The second-order valence-electron chi connectivity index (χ2n) is 17.5. The predicted molar refractivity (Wildman–Crippen MR) is 279 cm³/mol. The first kappa shape index (κ1) is 62.4. The highest BCUT2D eigenvalue weighted by Crippen LogP contribution is 2.43. The van der Waals surface area contributed by atoms with Gasteiger partial charge < -0.3 is 18.9 Å². The van der Waals surface area contributed by atoms with Gasteiger partial charge in [0.25, 0.3) is 0 Å². The van der Waals surface area contributed by atoms with E-state index in [1.165, 1.54) is 25.7 Å². The summed E-state index contributed by atoms with van der Waals surface area (Å²) >= 11 is 0. The topological polar surface area (TPSA) is 108 Å². The molecule has 2 atom stereocenters. The zero-order valence-electron chi connectivity index (χ0n) is 42.1. The van der Waals surface area contributed by atoms with Crippen LogP contribution in [0.15, 0.2) is 122 Å². The van der Waals surface area contributed by atoms with Crippen molar-refractivity contribution in [2.45, 2.75) is 174 Å². The normalized spacial score (nSPS) is 14.5. The number of carbonyl (C=O) groups is 2. The lowest BCUT2D eigenvalue weighted by atomic mass is 10.1. The van der Waals surface area contributed by atoms with Crippen LogP contribution < -0.4 is 0 Å². The second kappa shape index (κ2) is 46.5. The molecule has 0 aromatic carbocycles. The average molecular weight is 939 g/mol. The SMILES string of the molecule is CC/C=C\C/C=C\C/C=C\C/C=C\C/C=C\C/C=C\C/C=C\C/C=C\CCCCC(=O)OC(COC(=O)CCCCCCC/C=C\C/C=C\CCCCC)COP(=O)(O)OCC[N+](C)(C)C. The Morgan fingerprint density at radius 1 is 0.485 bits per heavy atom. The van der Waals surface area contributed by atoms with Gasteiger partial charge in [-0.15, -0.1) is 0 Å². The van der Waals surface area contributed by atoms with Crippen molar-refractivity contribution in [1.29, 1.82) is 0 Å². The average Bonchev–Trinajstić information content (AvgIpc) is 3.27. The summed E-state index contributed by atoms with van der Waals surface area (Å²) in [6, 6.07) is 0. The first-order valence-corrected chi connectivity index (χ1v) is 26.8. The van der Waals surface area contributed by atoms with Crippen molar-refractivity contribution in [1.82, 2.24) is 0 Å². The van der Waals surface area contributed by atoms with Gasteiger partial charge in [-0.25, -0.2) is 4.57 Å². The Hall–Kier alpha value is -3.59. The highest BCUT2D eigenvalue weighted by atomic mass is 31.2. The van der Waals surface area contributed by atoms with E-state index in [0.29, 0.717) is 23.9 Å². The van der Waals surface area contributed by atoms with Crippen LogP contribution in [0.5, 0.6) is 0 Å². The molecule has 0 aromatic heterocycles. The summed E-state index contributed by atoms with van der Waals surface area (Å²) in [4.78, 5) is 35.5. The summed E-state index contributed by atoms with van der Waals surface area (Å²) < 4.78 is 34.3. The number of unbranched alkanes of at least 4 members (excludes halogenated alkanes) is 10. The van der Waals surface area contributed by atoms with Gasteiger partial charge in [0.05, 0.1) is 27.7 Å². The quantitative estimate of drug-likeness (QED) is 0.0212. The van der Waals surface area contributed by atoms with Crippen molar-refractivity contribution in [3.05, 3.63) is 122 Å². The third-order valence-corrected chi connectivity index (χ3v) is 11.0. The van der Waals surface area contributed by atoms with Gasteiger partial charge in [0.1, 0.15) is 19.8 Å². The summed E-state index contributed by atoms with van der Waals surface area (Å²) in [7, 11) is 1.42. The van der Waals surface area contributed by atoms with E-state index in [1.54, 1.807) is 0 Å². The number of hydrogen-bond acceptors (Lipinski definition) is 7. The van der Waals surface area contributed by atoms with Crippen molar-refractivity contribution in [2.24, 2.45) is 0 Å². The number of rotatable bonds is 44. The first-order chi connectivity index (χ1) is 32.0. The van der Waals surface area contributed by atoms with Gasteiger partial charge in [-0.2, -0.15) is 0 Å². The van der Waals surface area contributed by atoms with E-state index in [2.05, 4.69) is 135 Å². The maximum atomic E-state index is 12.7. The molecule has 9 nitrogen and oxygen atoms in total. The zero-order chi connectivity index (χ0) is 48.5. The number of nitrogens with zero attached hydrogens (tertiary/aromatic N) is 1. The largest absolute Gasteiger partial charge is 0.472 e. The highest BCUT2D eigenvalue weighted by Gasteiger charge is 2.27. The van der Waals surface area contributed by atoms with E-state index in [-0.39, 0.29) is 26.1 Å². The molecule has 1 N–H and O–H groups in total. The van der Waals surface area contributed by atoms with Crippen LogP contribution in [0, 0.1) is 0 Å². The van der Waals surface area contributed by atoms with Crippen molar-refractivity contribution < 1.29 is 42.1 Å². The van der Waals surface area contributed by atoms with Crippen LogP contribution in [0.25, 0.3) is 0 Å². The Bertz CT molecular complexity index is 1530. The van der Waals surface area contributed by atoms with Crippen LogP contribution in [0.4, 0.5) is 0 Å². The minimum Gasteiger partial charge on any atom is -0.462 e. The highest BCUT2D eigenvalue weighted by molar-refractivity contribution is 7.47. The monoisotopic (exact) mass is 939 g/mol. The zero-order valence-corrected chi connectivity index (χ0v) is 43.0. The van der Waals surface area contributed by atoms with Crippen molar-refractivity contribution in [3.8, 4) is 0 Å². The molecular formula is C56H93NO8P+. The number of phosphoric ester groups is 1. The maximum Gasteiger partial charge on any atom is 0.472 e. The molecule has 0 saturated heterocycles. The maximum absolute atomic E-state index is 12.7. The molecule has 0 fully saturated rings. The number of quaternary nitrogens is 1. The second-order valence-corrected chi connectivity index (χ2v) is 18.9. The molecule has 66 heavy (non-hydrogen) atoms. The molecule has 0 rings (SSSR count). The van der Waals surface area contributed by atoms with E-state index in [0.717, 1.165) is 103 Å². The lowest BCUT2D eigenvalue weighted by Gasteiger charge is -2.24. The number of carbonyl (C=O) groups excluding carboxylic acids is 2. The van der Waals surface area contributed by atoms with Gasteiger partial charge in [0.15, 0.2) is 6.10 Å². The third-order valence-electron chi connectivity index (χ3n) is 9.98. The number of ether oxygens (including phenoxy) is 2. The van der Waals surface area contributed by atoms with Crippen LogP contribution in [0.3, 0.4) is 0 Å². The molecule has 0 saturated carbocycles. The van der Waals surface area contributed by atoms with Gasteiger partial charge in [-0.05, 0) is 109 Å². The van der Waals surface area contributed by atoms with Crippen LogP contribution in [0.1, 0.15) is 168 Å². The van der Waals surface area contributed by atoms with E-state index < -0.39 is 32.5 Å². The smallest absolute Gasteiger partial charge is 0.462 e. The van der Waals surface area contributed by atoms with Crippen LogP contribution in [-0.4, -0.2) is 74.9 Å². The molecule has 0 amide bonds. The molecule has 0 aliphatic rings. The van der Waals surface area contributed by atoms with E-state index in [1.807, 2.05) is 21.1 Å². The fraction of sp³-hybridized carbons (Fsp3) is 0.607. The van der Waals surface area contributed by atoms with Crippen molar-refractivity contribution >= 4 is 19.8 Å². The van der Waals surface area contributed by atoms with Gasteiger partial charge >= 0.3 is 19.8 Å². The van der Waals surface area contributed by atoms with Crippen LogP contribution in [0.2, 0.25) is 0 Å². The summed E-state index contributed by atoms with van der Waals surface area (Å²) in [6.07, 6.45) is 65.4. The lowest BCUT2D eigenvalue weighted by Crippen LogP contribution is -2.37. The Morgan fingerprint density at radius 2 is 0.864 bits per heavy atom. The summed E-state index contributed by atoms with van der Waals surface area (Å²) in [5.41, 5.74) is 0. The fourth-order valence-corrected chi connectivity index (χ4v) is 6.80. The molecule has 10 heteroatoms. The molecule has 2 unspecified atom stereocenters. The fourth-order valence-electron chi connectivity index (χ4n) is 6.06. The number of esters is 2. The first-order valence-electron chi connectivity index (χ1n) is 25.3. The summed E-state index contributed by atoms with van der Waals surface area (Å²) in [5, 5.41) is 0. The molecular weight excluding hydrogens is 846 g/mol. The number of allylic oxidation sites excluding steroid dienone is 20. The molecule has 0 heterocycles. The van der Waals surface area contributed by atoms with Crippen LogP contribution in [-0.2, 0) is 32.7 Å². The van der Waals surface area contributed by atoms with Crippen molar-refractivity contribution in [2.75, 3.05) is 47.5 Å². The molecule has 0 bridgehead atoms. The van der Waals surface area contributed by atoms with Gasteiger partial charge in [-0.3, -0.25) is 18.6 Å².